The maximum absolute atomic E-state index is 13.3. The lowest BCUT2D eigenvalue weighted by Gasteiger charge is -2.04. The van der Waals surface area contributed by atoms with Gasteiger partial charge in [-0.05, 0) is 0 Å². The number of rotatable bonds is 1. The van der Waals surface area contributed by atoms with Crippen molar-refractivity contribution in [2.75, 3.05) is 5.73 Å². The van der Waals surface area contributed by atoms with Gasteiger partial charge in [0.15, 0.2) is 23.3 Å². The predicted molar refractivity (Wildman–Crippen MR) is 46.1 cm³/mol. The Balaban J connectivity index is 2.78. The Morgan fingerprint density at radius 2 is 1.35 bits per heavy atom. The van der Waals surface area contributed by atoms with E-state index in [-0.39, 0.29) is 5.88 Å². The third kappa shape index (κ3) is 1.61. The molecular weight excluding hydrogens is 247 g/mol. The fourth-order valence-electron chi connectivity index (χ4n) is 1.24. The Morgan fingerprint density at radius 3 is 1.76 bits per heavy atom. The van der Waals surface area contributed by atoms with Gasteiger partial charge in [-0.1, -0.05) is 5.16 Å². The smallest absolute Gasteiger partial charge is 0.222 e. The molecular formula is C9H3F5N2O. The van der Waals surface area contributed by atoms with Gasteiger partial charge in [0.1, 0.15) is 5.69 Å². The minimum absolute atomic E-state index is 0.316. The molecule has 0 saturated heterocycles. The van der Waals surface area contributed by atoms with Crippen molar-refractivity contribution in [3.8, 4) is 11.3 Å². The number of hydrogen-bond acceptors (Lipinski definition) is 3. The monoisotopic (exact) mass is 250 g/mol. The fraction of sp³-hybridized carbons (Fsp3) is 0. The van der Waals surface area contributed by atoms with Gasteiger partial charge in [0.2, 0.25) is 11.7 Å². The van der Waals surface area contributed by atoms with Gasteiger partial charge in [-0.3, -0.25) is 0 Å². The lowest BCUT2D eigenvalue weighted by atomic mass is 10.1. The molecule has 0 atom stereocenters. The summed E-state index contributed by atoms with van der Waals surface area (Å²) in [6.45, 7) is 0. The summed E-state index contributed by atoms with van der Waals surface area (Å²) in [5, 5.41) is 3.08. The molecule has 2 rings (SSSR count). The van der Waals surface area contributed by atoms with Crippen LogP contribution in [0.2, 0.25) is 0 Å². The van der Waals surface area contributed by atoms with Crippen molar-refractivity contribution in [1.29, 1.82) is 0 Å². The summed E-state index contributed by atoms with van der Waals surface area (Å²) in [5.74, 6) is -10.6. The van der Waals surface area contributed by atoms with Crippen molar-refractivity contribution in [1.82, 2.24) is 5.16 Å². The predicted octanol–water partition coefficient (Wildman–Crippen LogP) is 2.62. The quantitative estimate of drug-likeness (QED) is 0.481. The minimum Gasteiger partial charge on any atom is -0.368 e. The van der Waals surface area contributed by atoms with E-state index < -0.39 is 40.3 Å². The lowest BCUT2D eigenvalue weighted by molar-refractivity contribution is 0.379. The van der Waals surface area contributed by atoms with Gasteiger partial charge >= 0.3 is 0 Å². The Bertz CT molecular complexity index is 566. The summed E-state index contributed by atoms with van der Waals surface area (Å²) in [6.07, 6.45) is 0. The van der Waals surface area contributed by atoms with Crippen LogP contribution in [-0.2, 0) is 0 Å². The van der Waals surface area contributed by atoms with E-state index in [1.807, 2.05) is 0 Å². The van der Waals surface area contributed by atoms with Crippen LogP contribution < -0.4 is 5.73 Å². The second kappa shape index (κ2) is 3.72. The molecule has 0 aliphatic carbocycles. The number of aromatic nitrogens is 1. The van der Waals surface area contributed by atoms with Crippen LogP contribution in [0.15, 0.2) is 10.6 Å². The first-order valence-corrected chi connectivity index (χ1v) is 4.17. The number of nitrogens with two attached hydrogens (primary N) is 1. The zero-order valence-corrected chi connectivity index (χ0v) is 7.90. The summed E-state index contributed by atoms with van der Waals surface area (Å²) in [7, 11) is 0. The molecule has 17 heavy (non-hydrogen) atoms. The van der Waals surface area contributed by atoms with E-state index in [1.165, 1.54) is 0 Å². The van der Waals surface area contributed by atoms with Crippen LogP contribution >= 0.6 is 0 Å². The molecule has 0 radical (unpaired) electrons. The first-order chi connectivity index (χ1) is 7.93. The zero-order valence-electron chi connectivity index (χ0n) is 7.90. The number of benzene rings is 1. The summed E-state index contributed by atoms with van der Waals surface area (Å²) in [4.78, 5) is 0. The highest BCUT2D eigenvalue weighted by Crippen LogP contribution is 2.31. The summed E-state index contributed by atoms with van der Waals surface area (Å²) >= 11 is 0. The van der Waals surface area contributed by atoms with Gasteiger partial charge in [-0.2, -0.15) is 0 Å². The molecule has 2 N–H and O–H groups in total. The molecule has 2 aromatic rings. The van der Waals surface area contributed by atoms with Crippen LogP contribution in [-0.4, -0.2) is 5.16 Å². The first kappa shape index (κ1) is 11.4. The molecule has 0 aliphatic heterocycles. The van der Waals surface area contributed by atoms with Gasteiger partial charge in [0.05, 0.1) is 5.56 Å². The topological polar surface area (TPSA) is 52.0 Å². The normalized spacial score (nSPS) is 10.9. The summed E-state index contributed by atoms with van der Waals surface area (Å²) in [5.41, 5.74) is 3.33. The number of hydrogen-bond donors (Lipinski definition) is 1. The minimum atomic E-state index is -2.24. The van der Waals surface area contributed by atoms with Crippen molar-refractivity contribution in [2.24, 2.45) is 0 Å². The Labute approximate surface area is 90.6 Å². The van der Waals surface area contributed by atoms with Crippen LogP contribution in [0.3, 0.4) is 0 Å². The van der Waals surface area contributed by atoms with Crippen molar-refractivity contribution in [3.63, 3.8) is 0 Å². The Kier molecular flexibility index (Phi) is 2.49. The third-order valence-electron chi connectivity index (χ3n) is 1.99. The molecule has 1 heterocycles. The van der Waals surface area contributed by atoms with Crippen molar-refractivity contribution in [2.45, 2.75) is 0 Å². The average molecular weight is 250 g/mol. The van der Waals surface area contributed by atoms with Crippen molar-refractivity contribution in [3.05, 3.63) is 35.2 Å². The van der Waals surface area contributed by atoms with Crippen LogP contribution in [0.5, 0.6) is 0 Å². The van der Waals surface area contributed by atoms with Gasteiger partial charge in [-0.25, -0.2) is 22.0 Å². The van der Waals surface area contributed by atoms with E-state index in [1.54, 1.807) is 0 Å². The van der Waals surface area contributed by atoms with Gasteiger partial charge in [-0.15, -0.1) is 0 Å². The van der Waals surface area contributed by atoms with Crippen molar-refractivity contribution < 1.29 is 26.5 Å². The van der Waals surface area contributed by atoms with Crippen LogP contribution in [0.4, 0.5) is 27.8 Å². The molecule has 0 amide bonds. The molecule has 0 spiro atoms. The fourth-order valence-corrected chi connectivity index (χ4v) is 1.24. The molecule has 0 unspecified atom stereocenters. The summed E-state index contributed by atoms with van der Waals surface area (Å²) in [6, 6.07) is 0.846. The number of halogens is 5. The first-order valence-electron chi connectivity index (χ1n) is 4.17. The molecule has 3 nitrogen and oxygen atoms in total. The van der Waals surface area contributed by atoms with E-state index in [2.05, 4.69) is 9.68 Å². The van der Waals surface area contributed by atoms with Crippen molar-refractivity contribution >= 4 is 5.88 Å². The van der Waals surface area contributed by atoms with E-state index in [4.69, 9.17) is 5.73 Å². The second-order valence-electron chi connectivity index (χ2n) is 3.06. The van der Waals surface area contributed by atoms with Crippen LogP contribution in [0.1, 0.15) is 0 Å². The zero-order chi connectivity index (χ0) is 12.7. The Morgan fingerprint density at radius 1 is 0.882 bits per heavy atom. The van der Waals surface area contributed by atoms with Gasteiger partial charge in [0, 0.05) is 6.07 Å². The average Bonchev–Trinajstić information content (AvgIpc) is 2.71. The number of anilines is 1. The van der Waals surface area contributed by atoms with Crippen LogP contribution in [0, 0.1) is 29.1 Å². The molecule has 0 fully saturated rings. The molecule has 0 aliphatic rings. The molecule has 0 bridgehead atoms. The number of nitrogen functional groups attached to an aromatic ring is 1. The highest BCUT2D eigenvalue weighted by Gasteiger charge is 2.28. The van der Waals surface area contributed by atoms with Gasteiger partial charge in [0.25, 0.3) is 0 Å². The van der Waals surface area contributed by atoms with Crippen LogP contribution in [0.25, 0.3) is 11.3 Å². The molecule has 1 aromatic carbocycles. The number of nitrogens with zero attached hydrogens (tertiary/aromatic N) is 1. The Hall–Kier alpha value is -2.12. The highest BCUT2D eigenvalue weighted by atomic mass is 19.2. The maximum Gasteiger partial charge on any atom is 0.222 e. The second-order valence-corrected chi connectivity index (χ2v) is 3.06. The van der Waals surface area contributed by atoms with Gasteiger partial charge < -0.3 is 10.3 Å². The standard InChI is InChI=1S/C9H3F5N2O/c10-5-4(2-1-3(15)17-16-2)6(11)8(13)9(14)7(5)12/h1H,15H2. The van der Waals surface area contributed by atoms with E-state index >= 15 is 0 Å². The molecule has 1 aromatic heterocycles. The molecule has 8 heteroatoms. The molecule has 0 saturated carbocycles. The summed E-state index contributed by atoms with van der Waals surface area (Å²) < 4.78 is 69.2. The largest absolute Gasteiger partial charge is 0.368 e. The van der Waals surface area contributed by atoms with E-state index in [0.29, 0.717) is 0 Å². The third-order valence-corrected chi connectivity index (χ3v) is 1.99. The van der Waals surface area contributed by atoms with E-state index in [0.717, 1.165) is 6.07 Å². The molecule has 90 valence electrons. The highest BCUT2D eigenvalue weighted by molar-refractivity contribution is 5.63. The maximum atomic E-state index is 13.3. The van der Waals surface area contributed by atoms with E-state index in [9.17, 15) is 22.0 Å². The SMILES string of the molecule is Nc1cc(-c2c(F)c(F)c(F)c(F)c2F)no1. The lowest BCUT2D eigenvalue weighted by Crippen LogP contribution is -2.04.